The summed E-state index contributed by atoms with van der Waals surface area (Å²) in [6.07, 6.45) is 6.83. The van der Waals surface area contributed by atoms with E-state index in [0.717, 1.165) is 23.6 Å². The Morgan fingerprint density at radius 1 is 1.00 bits per heavy atom. The molecule has 1 N–H and O–H groups in total. The van der Waals surface area contributed by atoms with Crippen molar-refractivity contribution in [3.63, 3.8) is 0 Å². The van der Waals surface area contributed by atoms with Gasteiger partial charge in [-0.05, 0) is 37.0 Å². The second-order valence-electron chi connectivity index (χ2n) is 8.36. The highest BCUT2D eigenvalue weighted by Crippen LogP contribution is 2.28. The number of thioether (sulfide) groups is 1. The van der Waals surface area contributed by atoms with Gasteiger partial charge in [0.2, 0.25) is 17.7 Å². The Bertz CT molecular complexity index is 741. The van der Waals surface area contributed by atoms with E-state index < -0.39 is 0 Å². The fourth-order valence-electron chi connectivity index (χ4n) is 4.23. The molecule has 1 aliphatic carbocycles. The lowest BCUT2D eigenvalue weighted by Crippen LogP contribution is -2.51. The van der Waals surface area contributed by atoms with E-state index in [2.05, 4.69) is 5.32 Å². The summed E-state index contributed by atoms with van der Waals surface area (Å²) in [6.45, 7) is 4.39. The highest BCUT2D eigenvalue weighted by atomic mass is 32.2. The minimum absolute atomic E-state index is 0.0430. The third-order valence-corrected chi connectivity index (χ3v) is 6.90. The van der Waals surface area contributed by atoms with Crippen molar-refractivity contribution in [1.82, 2.24) is 9.80 Å². The largest absolute Gasteiger partial charge is 0.339 e. The molecule has 1 saturated carbocycles. The zero-order valence-electron chi connectivity index (χ0n) is 17.9. The summed E-state index contributed by atoms with van der Waals surface area (Å²) < 4.78 is 0. The van der Waals surface area contributed by atoms with Gasteiger partial charge in [0, 0.05) is 38.3 Å². The van der Waals surface area contributed by atoms with E-state index >= 15 is 0 Å². The van der Waals surface area contributed by atoms with Gasteiger partial charge in [0.15, 0.2) is 0 Å². The molecule has 0 spiro atoms. The number of benzene rings is 1. The molecular weight excluding hydrogens is 398 g/mol. The zero-order valence-corrected chi connectivity index (χ0v) is 18.7. The van der Waals surface area contributed by atoms with E-state index in [-0.39, 0.29) is 29.2 Å². The monoisotopic (exact) mass is 431 g/mol. The Labute approximate surface area is 183 Å². The van der Waals surface area contributed by atoms with E-state index in [0.29, 0.717) is 32.6 Å². The summed E-state index contributed by atoms with van der Waals surface area (Å²) >= 11 is 1.33. The molecule has 1 heterocycles. The quantitative estimate of drug-likeness (QED) is 0.686. The maximum Gasteiger partial charge on any atom is 0.234 e. The molecule has 0 unspecified atom stereocenters. The van der Waals surface area contributed by atoms with Gasteiger partial charge in [-0.1, -0.05) is 37.8 Å². The number of amides is 3. The van der Waals surface area contributed by atoms with Crippen LogP contribution in [0.25, 0.3) is 0 Å². The summed E-state index contributed by atoms with van der Waals surface area (Å²) in [7, 11) is 0. The fraction of sp³-hybridized carbons (Fsp3) is 0.609. The van der Waals surface area contributed by atoms with Gasteiger partial charge in [0.1, 0.15) is 0 Å². The van der Waals surface area contributed by atoms with E-state index in [1.165, 1.54) is 37.4 Å². The van der Waals surface area contributed by atoms with Crippen molar-refractivity contribution in [2.45, 2.75) is 45.4 Å². The third-order valence-electron chi connectivity index (χ3n) is 5.99. The predicted octanol–water partition coefficient (Wildman–Crippen LogP) is 3.31. The fourth-order valence-corrected chi connectivity index (χ4v) is 4.95. The number of carbonyl (C=O) groups excluding carboxylic acids is 3. The molecule has 7 heteroatoms. The Morgan fingerprint density at radius 2 is 1.67 bits per heavy atom. The number of hydrogen-bond donors (Lipinski definition) is 1. The lowest BCUT2D eigenvalue weighted by Gasteiger charge is -2.35. The zero-order chi connectivity index (χ0) is 21.3. The molecule has 2 aliphatic rings. The van der Waals surface area contributed by atoms with Crippen LogP contribution in [0.5, 0.6) is 0 Å². The second kappa shape index (κ2) is 11.4. The number of nitrogens with one attached hydrogen (secondary N) is 1. The van der Waals surface area contributed by atoms with Crippen molar-refractivity contribution in [3.05, 3.63) is 29.8 Å². The van der Waals surface area contributed by atoms with E-state index in [4.69, 9.17) is 0 Å². The van der Waals surface area contributed by atoms with Gasteiger partial charge in [-0.15, -0.1) is 11.8 Å². The molecule has 0 aromatic heterocycles. The predicted molar refractivity (Wildman–Crippen MR) is 121 cm³/mol. The summed E-state index contributed by atoms with van der Waals surface area (Å²) in [6, 6.07) is 7.66. The SMILES string of the molecule is Cc1cccc(NC(=O)CSCC(=O)N2CCN(C(=O)CCC3CCCC3)CC2)c1. The lowest BCUT2D eigenvalue weighted by atomic mass is 10.0. The molecule has 0 atom stereocenters. The first-order valence-corrected chi connectivity index (χ1v) is 12.2. The average molecular weight is 432 g/mol. The van der Waals surface area contributed by atoms with Gasteiger partial charge in [-0.2, -0.15) is 0 Å². The van der Waals surface area contributed by atoms with Crippen LogP contribution in [-0.4, -0.2) is 65.2 Å². The van der Waals surface area contributed by atoms with Crippen molar-refractivity contribution in [3.8, 4) is 0 Å². The van der Waals surface area contributed by atoms with Gasteiger partial charge in [0.05, 0.1) is 11.5 Å². The minimum Gasteiger partial charge on any atom is -0.339 e. The Hall–Kier alpha value is -2.02. The van der Waals surface area contributed by atoms with E-state index in [1.807, 2.05) is 41.0 Å². The molecule has 164 valence electrons. The number of nitrogens with zero attached hydrogens (tertiary/aromatic N) is 2. The molecular formula is C23H33N3O3S. The van der Waals surface area contributed by atoms with Gasteiger partial charge in [-0.25, -0.2) is 0 Å². The van der Waals surface area contributed by atoms with Crippen LogP contribution in [0, 0.1) is 12.8 Å². The normalized spacial score (nSPS) is 17.2. The van der Waals surface area contributed by atoms with Crippen LogP contribution in [0.3, 0.4) is 0 Å². The molecule has 1 aromatic rings. The third kappa shape index (κ3) is 7.04. The van der Waals surface area contributed by atoms with Gasteiger partial charge in [0.25, 0.3) is 0 Å². The lowest BCUT2D eigenvalue weighted by molar-refractivity contribution is -0.138. The van der Waals surface area contributed by atoms with Gasteiger partial charge >= 0.3 is 0 Å². The van der Waals surface area contributed by atoms with Crippen LogP contribution in [0.15, 0.2) is 24.3 Å². The molecule has 1 aliphatic heterocycles. The van der Waals surface area contributed by atoms with Crippen molar-refractivity contribution < 1.29 is 14.4 Å². The topological polar surface area (TPSA) is 69.7 Å². The number of hydrogen-bond acceptors (Lipinski definition) is 4. The summed E-state index contributed by atoms with van der Waals surface area (Å²) in [5, 5.41) is 2.86. The molecule has 3 rings (SSSR count). The van der Waals surface area contributed by atoms with Crippen LogP contribution in [-0.2, 0) is 14.4 Å². The number of carbonyl (C=O) groups is 3. The van der Waals surface area contributed by atoms with Crippen LogP contribution < -0.4 is 5.32 Å². The Morgan fingerprint density at radius 3 is 2.33 bits per heavy atom. The number of rotatable bonds is 8. The van der Waals surface area contributed by atoms with Crippen LogP contribution in [0.2, 0.25) is 0 Å². The minimum atomic E-state index is -0.101. The molecule has 0 radical (unpaired) electrons. The van der Waals surface area contributed by atoms with Crippen molar-refractivity contribution in [1.29, 1.82) is 0 Å². The van der Waals surface area contributed by atoms with Crippen molar-refractivity contribution >= 4 is 35.2 Å². The first-order chi connectivity index (χ1) is 14.5. The first kappa shape index (κ1) is 22.7. The van der Waals surface area contributed by atoms with E-state index in [9.17, 15) is 14.4 Å². The summed E-state index contributed by atoms with van der Waals surface area (Å²) in [5.41, 5.74) is 1.87. The Kier molecular flexibility index (Phi) is 8.61. The number of anilines is 1. The highest BCUT2D eigenvalue weighted by molar-refractivity contribution is 8.00. The van der Waals surface area contributed by atoms with E-state index in [1.54, 1.807) is 0 Å². The molecule has 6 nitrogen and oxygen atoms in total. The summed E-state index contributed by atoms with van der Waals surface area (Å²) in [5.74, 6) is 1.45. The van der Waals surface area contributed by atoms with Crippen molar-refractivity contribution in [2.24, 2.45) is 5.92 Å². The molecule has 30 heavy (non-hydrogen) atoms. The number of piperazine rings is 1. The smallest absolute Gasteiger partial charge is 0.234 e. The van der Waals surface area contributed by atoms with Gasteiger partial charge in [-0.3, -0.25) is 14.4 Å². The highest BCUT2D eigenvalue weighted by Gasteiger charge is 2.25. The first-order valence-electron chi connectivity index (χ1n) is 11.0. The molecule has 0 bridgehead atoms. The molecule has 1 aromatic carbocycles. The Balaban J connectivity index is 1.30. The second-order valence-corrected chi connectivity index (χ2v) is 9.35. The van der Waals surface area contributed by atoms with Crippen LogP contribution in [0.4, 0.5) is 5.69 Å². The van der Waals surface area contributed by atoms with Crippen LogP contribution >= 0.6 is 11.8 Å². The molecule has 2 fully saturated rings. The van der Waals surface area contributed by atoms with Gasteiger partial charge < -0.3 is 15.1 Å². The standard InChI is InChI=1S/C23H33N3O3S/c1-18-5-4-8-20(15-18)24-21(27)16-30-17-23(29)26-13-11-25(12-14-26)22(28)10-9-19-6-2-3-7-19/h4-5,8,15,19H,2-3,6-7,9-14,16-17H2,1H3,(H,24,27). The number of aryl methyl sites for hydroxylation is 1. The molecule has 1 saturated heterocycles. The summed E-state index contributed by atoms with van der Waals surface area (Å²) in [4.78, 5) is 40.6. The van der Waals surface area contributed by atoms with Crippen LogP contribution in [0.1, 0.15) is 44.1 Å². The average Bonchev–Trinajstić information content (AvgIpc) is 3.26. The maximum absolute atomic E-state index is 12.4. The maximum atomic E-state index is 12.4. The van der Waals surface area contributed by atoms with Crippen molar-refractivity contribution in [2.75, 3.05) is 43.0 Å². The molecule has 3 amide bonds.